The highest BCUT2D eigenvalue weighted by Crippen LogP contribution is 2.39. The van der Waals surface area contributed by atoms with Crippen molar-refractivity contribution < 1.29 is 4.79 Å². The maximum Gasteiger partial charge on any atom is 0.219 e. The van der Waals surface area contributed by atoms with E-state index in [1.165, 1.54) is 0 Å². The second kappa shape index (κ2) is 6.29. The number of likely N-dealkylation sites (tertiary alicyclic amines) is 1. The van der Waals surface area contributed by atoms with Crippen LogP contribution in [0.4, 0.5) is 5.69 Å². The average Bonchev–Trinajstić information content (AvgIpc) is 2.60. The van der Waals surface area contributed by atoms with Crippen LogP contribution < -0.4 is 5.32 Å². The minimum absolute atomic E-state index is 0.0854. The Morgan fingerprint density at radius 3 is 2.77 bits per heavy atom. The highest BCUT2D eigenvalue weighted by Gasteiger charge is 2.46. The molecule has 0 unspecified atom stereocenters. The number of amides is 1. The maximum atomic E-state index is 11.8. The molecule has 3 aromatic rings. The average molecular weight is 366 g/mol. The molecule has 1 aromatic heterocycles. The fraction of sp³-hybridized carbons (Fsp3) is 0.238. The van der Waals surface area contributed by atoms with Crippen molar-refractivity contribution >= 4 is 34.1 Å². The van der Waals surface area contributed by atoms with Gasteiger partial charge < -0.3 is 10.2 Å². The summed E-state index contributed by atoms with van der Waals surface area (Å²) in [4.78, 5) is 18.1. The number of nitrogens with zero attached hydrogens (tertiary/aromatic N) is 2. The molecular formula is C21H20ClN3O. The van der Waals surface area contributed by atoms with Gasteiger partial charge in [0.15, 0.2) is 0 Å². The summed E-state index contributed by atoms with van der Waals surface area (Å²) in [5.41, 5.74) is 3.76. The van der Waals surface area contributed by atoms with Crippen LogP contribution in [0, 0.1) is 6.92 Å². The Morgan fingerprint density at radius 1 is 1.19 bits per heavy atom. The van der Waals surface area contributed by atoms with Crippen molar-refractivity contribution in [1.82, 2.24) is 9.88 Å². The van der Waals surface area contributed by atoms with Crippen molar-refractivity contribution in [2.24, 2.45) is 0 Å². The Kier molecular flexibility index (Phi) is 4.08. The van der Waals surface area contributed by atoms with E-state index in [0.29, 0.717) is 13.1 Å². The third kappa shape index (κ3) is 2.80. The SMILES string of the molecule is CC(=O)N1CC(Nc2ccc3cccnc3c2)(c2cccc(Cl)c2C)C1. The first-order valence-corrected chi connectivity index (χ1v) is 9.00. The molecule has 1 fully saturated rings. The molecule has 0 radical (unpaired) electrons. The van der Waals surface area contributed by atoms with Crippen LogP contribution in [0.25, 0.3) is 10.9 Å². The fourth-order valence-electron chi connectivity index (χ4n) is 3.69. The number of nitrogens with one attached hydrogen (secondary N) is 1. The predicted octanol–water partition coefficient (Wildman–Crippen LogP) is 4.37. The van der Waals surface area contributed by atoms with Gasteiger partial charge in [-0.25, -0.2) is 0 Å². The number of carbonyl (C=O) groups excluding carboxylic acids is 1. The molecule has 2 aromatic carbocycles. The van der Waals surface area contributed by atoms with Crippen LogP contribution in [0.15, 0.2) is 54.7 Å². The first-order valence-electron chi connectivity index (χ1n) is 8.63. The number of carbonyl (C=O) groups is 1. The van der Waals surface area contributed by atoms with Gasteiger partial charge in [-0.2, -0.15) is 0 Å². The van der Waals surface area contributed by atoms with Crippen LogP contribution in [-0.4, -0.2) is 28.9 Å². The number of halogens is 1. The minimum Gasteiger partial charge on any atom is -0.372 e. The second-order valence-electron chi connectivity index (χ2n) is 6.91. The molecule has 1 amide bonds. The quantitative estimate of drug-likeness (QED) is 0.749. The van der Waals surface area contributed by atoms with Crippen LogP contribution in [0.2, 0.25) is 5.02 Å². The molecule has 1 saturated heterocycles. The predicted molar refractivity (Wildman–Crippen MR) is 105 cm³/mol. The van der Waals surface area contributed by atoms with Gasteiger partial charge in [0.1, 0.15) is 0 Å². The van der Waals surface area contributed by atoms with Crippen LogP contribution >= 0.6 is 11.6 Å². The molecule has 2 heterocycles. The molecule has 4 nitrogen and oxygen atoms in total. The topological polar surface area (TPSA) is 45.2 Å². The van der Waals surface area contributed by atoms with Gasteiger partial charge in [0.25, 0.3) is 0 Å². The lowest BCUT2D eigenvalue weighted by molar-refractivity contribution is -0.135. The molecule has 0 spiro atoms. The molecular weight excluding hydrogens is 346 g/mol. The van der Waals surface area contributed by atoms with Crippen LogP contribution in [0.5, 0.6) is 0 Å². The van der Waals surface area contributed by atoms with E-state index in [-0.39, 0.29) is 11.4 Å². The summed E-state index contributed by atoms with van der Waals surface area (Å²) >= 11 is 6.36. The van der Waals surface area contributed by atoms with Gasteiger partial charge in [-0.05, 0) is 42.3 Å². The number of hydrogen-bond donors (Lipinski definition) is 1. The third-order valence-corrected chi connectivity index (χ3v) is 5.55. The number of rotatable bonds is 3. The molecule has 26 heavy (non-hydrogen) atoms. The zero-order valence-electron chi connectivity index (χ0n) is 14.8. The highest BCUT2D eigenvalue weighted by atomic mass is 35.5. The Labute approximate surface area is 157 Å². The first kappa shape index (κ1) is 16.9. The van der Waals surface area contributed by atoms with Gasteiger partial charge in [0, 0.05) is 42.3 Å². The molecule has 0 saturated carbocycles. The number of anilines is 1. The van der Waals surface area contributed by atoms with E-state index in [2.05, 4.69) is 28.5 Å². The molecule has 1 N–H and O–H groups in total. The van der Waals surface area contributed by atoms with E-state index in [1.807, 2.05) is 42.2 Å². The van der Waals surface area contributed by atoms with Gasteiger partial charge >= 0.3 is 0 Å². The number of aromatic nitrogens is 1. The van der Waals surface area contributed by atoms with Gasteiger partial charge in [-0.1, -0.05) is 35.9 Å². The van der Waals surface area contributed by atoms with Gasteiger partial charge in [0.2, 0.25) is 5.91 Å². The summed E-state index contributed by atoms with van der Waals surface area (Å²) in [5.74, 6) is 0.0854. The van der Waals surface area contributed by atoms with Crippen molar-refractivity contribution in [2.75, 3.05) is 18.4 Å². The Bertz CT molecular complexity index is 995. The third-order valence-electron chi connectivity index (χ3n) is 5.14. The summed E-state index contributed by atoms with van der Waals surface area (Å²) in [6.45, 7) is 4.86. The number of hydrogen-bond acceptors (Lipinski definition) is 3. The molecule has 0 atom stereocenters. The standard InChI is InChI=1S/C21H20ClN3O/c1-14-18(6-3-7-19(14)22)21(12-25(13-21)15(2)26)24-17-9-8-16-5-4-10-23-20(16)11-17/h3-11,24H,12-13H2,1-2H3. The molecule has 1 aliphatic rings. The molecule has 1 aliphatic heterocycles. The summed E-state index contributed by atoms with van der Waals surface area (Å²) in [7, 11) is 0. The van der Waals surface area contributed by atoms with E-state index in [0.717, 1.165) is 32.7 Å². The van der Waals surface area contributed by atoms with E-state index >= 15 is 0 Å². The lowest BCUT2D eigenvalue weighted by atomic mass is 9.79. The van der Waals surface area contributed by atoms with E-state index in [4.69, 9.17) is 11.6 Å². The van der Waals surface area contributed by atoms with E-state index < -0.39 is 0 Å². The zero-order valence-corrected chi connectivity index (χ0v) is 15.5. The monoisotopic (exact) mass is 365 g/mol. The molecule has 132 valence electrons. The molecule has 5 heteroatoms. The second-order valence-corrected chi connectivity index (χ2v) is 7.31. The van der Waals surface area contributed by atoms with Crippen molar-refractivity contribution in [1.29, 1.82) is 0 Å². The summed E-state index contributed by atoms with van der Waals surface area (Å²) in [6, 6.07) is 16.1. The van der Waals surface area contributed by atoms with Crippen molar-refractivity contribution in [3.05, 3.63) is 70.9 Å². The van der Waals surface area contributed by atoms with Crippen LogP contribution in [0.3, 0.4) is 0 Å². The Morgan fingerprint density at radius 2 is 2.00 bits per heavy atom. The maximum absolute atomic E-state index is 11.8. The van der Waals surface area contributed by atoms with Gasteiger partial charge in [-0.15, -0.1) is 0 Å². The lowest BCUT2D eigenvalue weighted by Gasteiger charge is -2.51. The number of fused-ring (bicyclic) bond motifs is 1. The van der Waals surface area contributed by atoms with Crippen LogP contribution in [0.1, 0.15) is 18.1 Å². The Balaban J connectivity index is 1.74. The van der Waals surface area contributed by atoms with Gasteiger partial charge in [-0.3, -0.25) is 9.78 Å². The molecule has 0 bridgehead atoms. The summed E-state index contributed by atoms with van der Waals surface area (Å²) in [6.07, 6.45) is 1.80. The van der Waals surface area contributed by atoms with E-state index in [9.17, 15) is 4.79 Å². The fourth-order valence-corrected chi connectivity index (χ4v) is 3.87. The van der Waals surface area contributed by atoms with Gasteiger partial charge in [0.05, 0.1) is 11.1 Å². The largest absolute Gasteiger partial charge is 0.372 e. The number of benzene rings is 2. The highest BCUT2D eigenvalue weighted by molar-refractivity contribution is 6.31. The molecule has 0 aliphatic carbocycles. The first-order chi connectivity index (χ1) is 12.5. The lowest BCUT2D eigenvalue weighted by Crippen LogP contribution is -2.64. The molecule has 4 rings (SSSR count). The van der Waals surface area contributed by atoms with Crippen LogP contribution in [-0.2, 0) is 10.3 Å². The minimum atomic E-state index is -0.344. The van der Waals surface area contributed by atoms with Crippen molar-refractivity contribution in [3.8, 4) is 0 Å². The zero-order chi connectivity index (χ0) is 18.3. The Hall–Kier alpha value is -2.59. The van der Waals surface area contributed by atoms with Crippen molar-refractivity contribution in [2.45, 2.75) is 19.4 Å². The number of pyridine rings is 1. The van der Waals surface area contributed by atoms with Crippen molar-refractivity contribution in [3.63, 3.8) is 0 Å². The smallest absolute Gasteiger partial charge is 0.219 e. The summed E-state index contributed by atoms with van der Waals surface area (Å²) in [5, 5.41) is 5.50. The van der Waals surface area contributed by atoms with E-state index in [1.54, 1.807) is 13.1 Å². The normalized spacial score (nSPS) is 15.6. The summed E-state index contributed by atoms with van der Waals surface area (Å²) < 4.78 is 0.